The molecule has 1 fully saturated rings. The molecule has 0 bridgehead atoms. The third-order valence-electron chi connectivity index (χ3n) is 4.77. The number of nitrogens with one attached hydrogen (secondary N) is 1. The summed E-state index contributed by atoms with van der Waals surface area (Å²) in [5.41, 5.74) is 2.43. The monoisotopic (exact) mass is 380 g/mol. The van der Waals surface area contributed by atoms with Gasteiger partial charge in [-0.15, -0.1) is 13.2 Å². The van der Waals surface area contributed by atoms with Crippen LogP contribution in [-0.4, -0.2) is 42.5 Å². The predicted octanol–water partition coefficient (Wildman–Crippen LogP) is 3.85. The molecule has 1 aliphatic heterocycles. The fourth-order valence-corrected chi connectivity index (χ4v) is 3.50. The molecule has 0 spiro atoms. The van der Waals surface area contributed by atoms with E-state index in [1.54, 1.807) is 12.1 Å². The fourth-order valence-electron chi connectivity index (χ4n) is 3.50. The zero-order valence-corrected chi connectivity index (χ0v) is 15.1. The molecule has 146 valence electrons. The molecule has 0 aromatic heterocycles. The number of aromatic hydroxyl groups is 1. The van der Waals surface area contributed by atoms with Crippen LogP contribution in [0.15, 0.2) is 42.5 Å². The molecule has 2 N–H and O–H groups in total. The molecule has 1 atom stereocenters. The number of alkyl halides is 3. The van der Waals surface area contributed by atoms with Crippen LogP contribution in [0.1, 0.15) is 29.7 Å². The SMILES string of the molecule is CCc1cccc([C@@H](c2ccc(OC(F)(F)F)cc2)N2CCNCC2)c1O. The quantitative estimate of drug-likeness (QED) is 0.827. The average molecular weight is 380 g/mol. The largest absolute Gasteiger partial charge is 0.573 e. The van der Waals surface area contributed by atoms with Crippen LogP contribution in [0.25, 0.3) is 0 Å². The van der Waals surface area contributed by atoms with E-state index in [1.165, 1.54) is 12.1 Å². The Labute approximate surface area is 156 Å². The van der Waals surface area contributed by atoms with Crippen LogP contribution in [0.5, 0.6) is 11.5 Å². The Balaban J connectivity index is 1.98. The maximum absolute atomic E-state index is 12.4. The number of benzene rings is 2. The minimum Gasteiger partial charge on any atom is -0.507 e. The first-order valence-electron chi connectivity index (χ1n) is 9.00. The van der Waals surface area contributed by atoms with E-state index in [2.05, 4.69) is 15.0 Å². The maximum Gasteiger partial charge on any atom is 0.573 e. The molecule has 0 aliphatic carbocycles. The van der Waals surface area contributed by atoms with Crippen molar-refractivity contribution in [2.24, 2.45) is 0 Å². The van der Waals surface area contributed by atoms with Crippen LogP contribution in [0, 0.1) is 0 Å². The van der Waals surface area contributed by atoms with Crippen molar-refractivity contribution in [3.63, 3.8) is 0 Å². The highest BCUT2D eigenvalue weighted by molar-refractivity contribution is 5.46. The lowest BCUT2D eigenvalue weighted by Gasteiger charge is -2.36. The van der Waals surface area contributed by atoms with Gasteiger partial charge in [-0.2, -0.15) is 0 Å². The standard InChI is InChI=1S/C20H23F3N2O2/c1-2-14-4-3-5-17(19(14)26)18(25-12-10-24-11-13-25)15-6-8-16(9-7-15)27-20(21,22)23/h3-9,18,24,26H,2,10-13H2,1H3/t18-/m1/s1. The molecule has 0 radical (unpaired) electrons. The highest BCUT2D eigenvalue weighted by Gasteiger charge is 2.31. The highest BCUT2D eigenvalue weighted by Crippen LogP contribution is 2.37. The summed E-state index contributed by atoms with van der Waals surface area (Å²) in [6.07, 6.45) is -4.01. The van der Waals surface area contributed by atoms with E-state index in [4.69, 9.17) is 0 Å². The molecule has 2 aromatic rings. The Bertz CT molecular complexity index is 757. The summed E-state index contributed by atoms with van der Waals surface area (Å²) < 4.78 is 41.2. The molecular formula is C20H23F3N2O2. The molecule has 0 unspecified atom stereocenters. The van der Waals surface area contributed by atoms with Crippen molar-refractivity contribution >= 4 is 0 Å². The van der Waals surface area contributed by atoms with Gasteiger partial charge in [-0.05, 0) is 29.7 Å². The number of rotatable bonds is 5. The fraction of sp³-hybridized carbons (Fsp3) is 0.400. The van der Waals surface area contributed by atoms with Gasteiger partial charge in [-0.3, -0.25) is 4.90 Å². The topological polar surface area (TPSA) is 44.7 Å². The lowest BCUT2D eigenvalue weighted by atomic mass is 9.93. The molecule has 2 aromatic carbocycles. The summed E-state index contributed by atoms with van der Waals surface area (Å²) in [4.78, 5) is 2.23. The first-order chi connectivity index (χ1) is 12.9. The Kier molecular flexibility index (Phi) is 5.92. The number of ether oxygens (including phenoxy) is 1. The minimum atomic E-state index is -4.72. The van der Waals surface area contributed by atoms with Gasteiger partial charge in [-0.1, -0.05) is 37.3 Å². The predicted molar refractivity (Wildman–Crippen MR) is 96.9 cm³/mol. The number of phenolic OH excluding ortho intramolecular Hbond substituents is 1. The van der Waals surface area contributed by atoms with Crippen molar-refractivity contribution in [2.75, 3.05) is 26.2 Å². The number of nitrogens with zero attached hydrogens (tertiary/aromatic N) is 1. The van der Waals surface area contributed by atoms with Crippen LogP contribution in [0.2, 0.25) is 0 Å². The number of hydrogen-bond donors (Lipinski definition) is 2. The van der Waals surface area contributed by atoms with Crippen LogP contribution >= 0.6 is 0 Å². The molecular weight excluding hydrogens is 357 g/mol. The third kappa shape index (κ3) is 4.73. The van der Waals surface area contributed by atoms with Crippen molar-refractivity contribution in [3.05, 3.63) is 59.2 Å². The molecule has 3 rings (SSSR count). The van der Waals surface area contributed by atoms with Gasteiger partial charge in [0.2, 0.25) is 0 Å². The summed E-state index contributed by atoms with van der Waals surface area (Å²) in [5, 5.41) is 14.0. The Morgan fingerprint density at radius 1 is 1.11 bits per heavy atom. The van der Waals surface area contributed by atoms with Crippen molar-refractivity contribution in [3.8, 4) is 11.5 Å². The molecule has 7 heteroatoms. The molecule has 0 saturated carbocycles. The van der Waals surface area contributed by atoms with Crippen LogP contribution in [0.4, 0.5) is 13.2 Å². The van der Waals surface area contributed by atoms with E-state index >= 15 is 0 Å². The number of piperazine rings is 1. The van der Waals surface area contributed by atoms with Gasteiger partial charge in [-0.25, -0.2) is 0 Å². The first-order valence-corrected chi connectivity index (χ1v) is 9.00. The summed E-state index contributed by atoms with van der Waals surface area (Å²) in [7, 11) is 0. The van der Waals surface area contributed by atoms with E-state index in [9.17, 15) is 18.3 Å². The number of aryl methyl sites for hydroxylation is 1. The van der Waals surface area contributed by atoms with Crippen LogP contribution < -0.4 is 10.1 Å². The van der Waals surface area contributed by atoms with Gasteiger partial charge < -0.3 is 15.2 Å². The summed E-state index contributed by atoms with van der Waals surface area (Å²) >= 11 is 0. The van der Waals surface area contributed by atoms with Crippen molar-refractivity contribution < 1.29 is 23.0 Å². The van der Waals surface area contributed by atoms with E-state index in [0.717, 1.165) is 42.9 Å². The van der Waals surface area contributed by atoms with Crippen LogP contribution in [0.3, 0.4) is 0 Å². The van der Waals surface area contributed by atoms with Crippen molar-refractivity contribution in [2.45, 2.75) is 25.7 Å². The van der Waals surface area contributed by atoms with Gasteiger partial charge >= 0.3 is 6.36 Å². The van der Waals surface area contributed by atoms with E-state index < -0.39 is 6.36 Å². The number of hydrogen-bond acceptors (Lipinski definition) is 4. The normalized spacial score (nSPS) is 16.9. The summed E-state index contributed by atoms with van der Waals surface area (Å²) in [5.74, 6) is -0.00371. The second-order valence-electron chi connectivity index (χ2n) is 6.51. The zero-order chi connectivity index (χ0) is 19.4. The van der Waals surface area contributed by atoms with Crippen LogP contribution in [-0.2, 0) is 6.42 Å². The third-order valence-corrected chi connectivity index (χ3v) is 4.77. The first kappa shape index (κ1) is 19.5. The van der Waals surface area contributed by atoms with Crippen molar-refractivity contribution in [1.82, 2.24) is 10.2 Å². The molecule has 1 saturated heterocycles. The van der Waals surface area contributed by atoms with Gasteiger partial charge in [0.25, 0.3) is 0 Å². The lowest BCUT2D eigenvalue weighted by molar-refractivity contribution is -0.274. The van der Waals surface area contributed by atoms with E-state index in [0.29, 0.717) is 6.42 Å². The molecule has 1 heterocycles. The summed E-state index contributed by atoms with van der Waals surface area (Å²) in [6.45, 7) is 5.17. The number of halogens is 3. The van der Waals surface area contributed by atoms with Gasteiger partial charge in [0.1, 0.15) is 11.5 Å². The maximum atomic E-state index is 12.4. The molecule has 0 amide bonds. The van der Waals surface area contributed by atoms with Crippen molar-refractivity contribution in [1.29, 1.82) is 0 Å². The average Bonchev–Trinajstić information content (AvgIpc) is 2.64. The Hall–Kier alpha value is -2.25. The number of phenols is 1. The second-order valence-corrected chi connectivity index (χ2v) is 6.51. The summed E-state index contributed by atoms with van der Waals surface area (Å²) in [6, 6.07) is 11.3. The molecule has 1 aliphatic rings. The Morgan fingerprint density at radius 3 is 2.37 bits per heavy atom. The second kappa shape index (κ2) is 8.19. The van der Waals surface area contributed by atoms with E-state index in [-0.39, 0.29) is 17.5 Å². The lowest BCUT2D eigenvalue weighted by Crippen LogP contribution is -2.45. The van der Waals surface area contributed by atoms with Gasteiger partial charge in [0.15, 0.2) is 0 Å². The molecule has 4 nitrogen and oxygen atoms in total. The van der Waals surface area contributed by atoms with Gasteiger partial charge in [0, 0.05) is 31.7 Å². The Morgan fingerprint density at radius 2 is 1.78 bits per heavy atom. The van der Waals surface area contributed by atoms with Gasteiger partial charge in [0.05, 0.1) is 6.04 Å². The highest BCUT2D eigenvalue weighted by atomic mass is 19.4. The number of para-hydroxylation sites is 1. The van der Waals surface area contributed by atoms with E-state index in [1.807, 2.05) is 25.1 Å². The minimum absolute atomic E-state index is 0.237. The zero-order valence-electron chi connectivity index (χ0n) is 15.1. The molecule has 27 heavy (non-hydrogen) atoms. The smallest absolute Gasteiger partial charge is 0.507 e.